The van der Waals surface area contributed by atoms with E-state index < -0.39 is 6.10 Å². The molecule has 0 fully saturated rings. The van der Waals surface area contributed by atoms with Crippen molar-refractivity contribution in [2.24, 2.45) is 0 Å². The summed E-state index contributed by atoms with van der Waals surface area (Å²) in [6.45, 7) is 0.958. The molecule has 2 aromatic rings. The predicted octanol–water partition coefficient (Wildman–Crippen LogP) is 2.99. The minimum atomic E-state index is -0.689. The lowest BCUT2D eigenvalue weighted by molar-refractivity contribution is 0.165. The standard InChI is InChI=1S/C18H19ClN2O4/c19-14-4-1-12(2-5-14)10-21-18(23)20-8-7-15(22)13-3-6-16-17(9-13)25-11-24-16/h1-6,9,15,22H,7-8,10-11H2,(H2,20,21,23)/t15-/m0/s1. The Bertz CT molecular complexity index is 736. The Labute approximate surface area is 150 Å². The first-order valence-corrected chi connectivity index (χ1v) is 8.33. The van der Waals surface area contributed by atoms with Gasteiger partial charge < -0.3 is 25.2 Å². The summed E-state index contributed by atoms with van der Waals surface area (Å²) in [4.78, 5) is 11.8. The Kier molecular flexibility index (Phi) is 5.63. The van der Waals surface area contributed by atoms with Crippen molar-refractivity contribution in [3.05, 3.63) is 58.6 Å². The number of nitrogens with one attached hydrogen (secondary N) is 2. The maximum Gasteiger partial charge on any atom is 0.315 e. The smallest absolute Gasteiger partial charge is 0.315 e. The highest BCUT2D eigenvalue weighted by Gasteiger charge is 2.16. The van der Waals surface area contributed by atoms with Crippen molar-refractivity contribution < 1.29 is 19.4 Å². The van der Waals surface area contributed by atoms with E-state index in [-0.39, 0.29) is 12.8 Å². The molecule has 0 unspecified atom stereocenters. The van der Waals surface area contributed by atoms with Crippen molar-refractivity contribution in [2.75, 3.05) is 13.3 Å². The Hall–Kier alpha value is -2.44. The fraction of sp³-hybridized carbons (Fsp3) is 0.278. The number of halogens is 1. The molecule has 1 heterocycles. The molecule has 1 aliphatic heterocycles. The number of carbonyl (C=O) groups is 1. The maximum absolute atomic E-state index is 11.8. The van der Waals surface area contributed by atoms with E-state index in [1.807, 2.05) is 12.1 Å². The van der Waals surface area contributed by atoms with Crippen molar-refractivity contribution in [1.82, 2.24) is 10.6 Å². The molecular weight excluding hydrogens is 344 g/mol. The molecule has 6 nitrogen and oxygen atoms in total. The van der Waals surface area contributed by atoms with E-state index in [0.717, 1.165) is 11.1 Å². The van der Waals surface area contributed by atoms with Gasteiger partial charge in [-0.3, -0.25) is 0 Å². The van der Waals surface area contributed by atoms with Crippen molar-refractivity contribution in [3.8, 4) is 11.5 Å². The Morgan fingerprint density at radius 2 is 1.88 bits per heavy atom. The summed E-state index contributed by atoms with van der Waals surface area (Å²) in [6.07, 6.45) is -0.292. The summed E-state index contributed by atoms with van der Waals surface area (Å²) < 4.78 is 10.5. The molecule has 3 N–H and O–H groups in total. The third kappa shape index (κ3) is 4.78. The fourth-order valence-electron chi connectivity index (χ4n) is 2.46. The lowest BCUT2D eigenvalue weighted by Gasteiger charge is -2.13. The van der Waals surface area contributed by atoms with Crippen LogP contribution in [-0.2, 0) is 6.54 Å². The van der Waals surface area contributed by atoms with Crippen LogP contribution in [0.15, 0.2) is 42.5 Å². The molecule has 0 bridgehead atoms. The SMILES string of the molecule is O=C(NCC[C@H](O)c1ccc2c(c1)OCO2)NCc1ccc(Cl)cc1. The minimum absolute atomic E-state index is 0.199. The van der Waals surface area contributed by atoms with Crippen molar-refractivity contribution in [2.45, 2.75) is 19.1 Å². The summed E-state index contributed by atoms with van der Waals surface area (Å²) in [7, 11) is 0. The van der Waals surface area contributed by atoms with Gasteiger partial charge in [0, 0.05) is 18.1 Å². The van der Waals surface area contributed by atoms with Gasteiger partial charge in [-0.1, -0.05) is 29.8 Å². The number of hydrogen-bond acceptors (Lipinski definition) is 4. The molecular formula is C18H19ClN2O4. The van der Waals surface area contributed by atoms with E-state index in [9.17, 15) is 9.90 Å². The van der Waals surface area contributed by atoms with Crippen molar-refractivity contribution in [3.63, 3.8) is 0 Å². The van der Waals surface area contributed by atoms with E-state index in [1.54, 1.807) is 30.3 Å². The average Bonchev–Trinajstić information content (AvgIpc) is 3.09. The molecule has 0 aliphatic carbocycles. The Morgan fingerprint density at radius 1 is 1.12 bits per heavy atom. The highest BCUT2D eigenvalue weighted by Crippen LogP contribution is 2.34. The third-order valence-electron chi connectivity index (χ3n) is 3.85. The number of hydrogen-bond donors (Lipinski definition) is 3. The zero-order valence-electron chi connectivity index (χ0n) is 13.5. The predicted molar refractivity (Wildman–Crippen MR) is 93.8 cm³/mol. The normalized spacial score (nSPS) is 13.4. The minimum Gasteiger partial charge on any atom is -0.454 e. The number of ether oxygens (including phenoxy) is 2. The summed E-state index contributed by atoms with van der Waals surface area (Å²) in [6, 6.07) is 12.3. The Balaban J connectivity index is 1.39. The molecule has 7 heteroatoms. The summed E-state index contributed by atoms with van der Waals surface area (Å²) in [5.41, 5.74) is 1.69. The van der Waals surface area contributed by atoms with Crippen LogP contribution in [0.2, 0.25) is 5.02 Å². The van der Waals surface area contributed by atoms with E-state index in [1.165, 1.54) is 0 Å². The van der Waals surface area contributed by atoms with Crippen LogP contribution in [0.3, 0.4) is 0 Å². The van der Waals surface area contributed by atoms with Gasteiger partial charge in [-0.2, -0.15) is 0 Å². The lowest BCUT2D eigenvalue weighted by atomic mass is 10.1. The number of carbonyl (C=O) groups excluding carboxylic acids is 1. The molecule has 0 spiro atoms. The van der Waals surface area contributed by atoms with Crippen LogP contribution in [0, 0.1) is 0 Å². The van der Waals surface area contributed by atoms with E-state index in [0.29, 0.717) is 36.0 Å². The van der Waals surface area contributed by atoms with Gasteiger partial charge in [-0.05, 0) is 41.8 Å². The summed E-state index contributed by atoms with van der Waals surface area (Å²) >= 11 is 5.82. The number of aliphatic hydroxyl groups excluding tert-OH is 1. The quantitative estimate of drug-likeness (QED) is 0.738. The number of urea groups is 1. The molecule has 0 saturated carbocycles. The molecule has 25 heavy (non-hydrogen) atoms. The highest BCUT2D eigenvalue weighted by atomic mass is 35.5. The largest absolute Gasteiger partial charge is 0.454 e. The molecule has 0 saturated heterocycles. The lowest BCUT2D eigenvalue weighted by Crippen LogP contribution is -2.36. The van der Waals surface area contributed by atoms with Gasteiger partial charge in [-0.15, -0.1) is 0 Å². The second-order valence-corrected chi connectivity index (χ2v) is 6.09. The number of amides is 2. The van der Waals surface area contributed by atoms with Gasteiger partial charge >= 0.3 is 6.03 Å². The van der Waals surface area contributed by atoms with Crippen LogP contribution in [-0.4, -0.2) is 24.5 Å². The Morgan fingerprint density at radius 3 is 2.68 bits per heavy atom. The molecule has 0 radical (unpaired) electrons. The topological polar surface area (TPSA) is 79.8 Å². The van der Waals surface area contributed by atoms with Gasteiger partial charge in [0.1, 0.15) is 0 Å². The van der Waals surface area contributed by atoms with Gasteiger partial charge in [0.15, 0.2) is 11.5 Å². The fourth-order valence-corrected chi connectivity index (χ4v) is 2.58. The maximum atomic E-state index is 11.8. The van der Waals surface area contributed by atoms with E-state index >= 15 is 0 Å². The first-order chi connectivity index (χ1) is 12.1. The zero-order valence-corrected chi connectivity index (χ0v) is 14.3. The molecule has 1 atom stereocenters. The molecule has 1 aliphatic rings. The first kappa shape index (κ1) is 17.4. The van der Waals surface area contributed by atoms with Gasteiger partial charge in [0.05, 0.1) is 6.10 Å². The van der Waals surface area contributed by atoms with Crippen LogP contribution in [0.1, 0.15) is 23.7 Å². The van der Waals surface area contributed by atoms with Crippen LogP contribution in [0.4, 0.5) is 4.79 Å². The number of rotatable bonds is 6. The van der Waals surface area contributed by atoms with Gasteiger partial charge in [0.2, 0.25) is 6.79 Å². The van der Waals surface area contributed by atoms with Crippen LogP contribution < -0.4 is 20.1 Å². The van der Waals surface area contributed by atoms with Gasteiger partial charge in [0.25, 0.3) is 0 Å². The second kappa shape index (κ2) is 8.09. The monoisotopic (exact) mass is 362 g/mol. The molecule has 0 aromatic heterocycles. The average molecular weight is 363 g/mol. The number of benzene rings is 2. The third-order valence-corrected chi connectivity index (χ3v) is 4.10. The van der Waals surface area contributed by atoms with Crippen molar-refractivity contribution in [1.29, 1.82) is 0 Å². The van der Waals surface area contributed by atoms with Gasteiger partial charge in [-0.25, -0.2) is 4.79 Å². The first-order valence-electron chi connectivity index (χ1n) is 7.95. The van der Waals surface area contributed by atoms with Crippen LogP contribution in [0.25, 0.3) is 0 Å². The van der Waals surface area contributed by atoms with E-state index in [2.05, 4.69) is 10.6 Å². The summed E-state index contributed by atoms with van der Waals surface area (Å²) in [5.74, 6) is 1.31. The molecule has 132 valence electrons. The number of aliphatic hydroxyl groups is 1. The molecule has 3 rings (SSSR count). The van der Waals surface area contributed by atoms with Crippen LogP contribution in [0.5, 0.6) is 11.5 Å². The van der Waals surface area contributed by atoms with Crippen molar-refractivity contribution >= 4 is 17.6 Å². The second-order valence-electron chi connectivity index (χ2n) is 5.65. The van der Waals surface area contributed by atoms with Crippen LogP contribution >= 0.6 is 11.6 Å². The van der Waals surface area contributed by atoms with E-state index in [4.69, 9.17) is 21.1 Å². The highest BCUT2D eigenvalue weighted by molar-refractivity contribution is 6.30. The summed E-state index contributed by atoms with van der Waals surface area (Å²) in [5, 5.41) is 16.4. The molecule has 2 aromatic carbocycles. The zero-order chi connectivity index (χ0) is 17.6. The molecule has 2 amide bonds. The number of fused-ring (bicyclic) bond motifs is 1.